The van der Waals surface area contributed by atoms with Gasteiger partial charge in [0.2, 0.25) is 0 Å². The summed E-state index contributed by atoms with van der Waals surface area (Å²) in [6.07, 6.45) is 0.682. The lowest BCUT2D eigenvalue weighted by molar-refractivity contribution is 0.0697. The van der Waals surface area contributed by atoms with E-state index in [0.717, 1.165) is 5.69 Å². The summed E-state index contributed by atoms with van der Waals surface area (Å²) >= 11 is 0. The van der Waals surface area contributed by atoms with E-state index in [2.05, 4.69) is 5.32 Å². The first-order chi connectivity index (χ1) is 6.53. The number of rotatable bonds is 4. The number of hydrogen-bond acceptors (Lipinski definition) is 2. The van der Waals surface area contributed by atoms with Crippen LogP contribution < -0.4 is 5.32 Å². The van der Waals surface area contributed by atoms with Gasteiger partial charge in [-0.3, -0.25) is 0 Å². The van der Waals surface area contributed by atoms with E-state index in [0.29, 0.717) is 13.0 Å². The molecule has 0 saturated heterocycles. The van der Waals surface area contributed by atoms with Gasteiger partial charge in [-0.2, -0.15) is 0 Å². The van der Waals surface area contributed by atoms with Crippen molar-refractivity contribution in [3.63, 3.8) is 0 Å². The number of halogens is 1. The fourth-order valence-corrected chi connectivity index (χ4v) is 0.985. The smallest absolute Gasteiger partial charge is 0.123 e. The summed E-state index contributed by atoms with van der Waals surface area (Å²) in [5, 5.41) is 12.7. The molecule has 0 heterocycles. The second-order valence-electron chi connectivity index (χ2n) is 3.71. The first-order valence-electron chi connectivity index (χ1n) is 4.75. The molecule has 3 heteroatoms. The Morgan fingerprint density at radius 1 is 1.36 bits per heavy atom. The Kier molecular flexibility index (Phi) is 3.47. The molecule has 1 rings (SSSR count). The zero-order valence-corrected chi connectivity index (χ0v) is 8.55. The van der Waals surface area contributed by atoms with Crippen molar-refractivity contribution >= 4 is 5.69 Å². The number of nitrogens with one attached hydrogen (secondary N) is 1. The van der Waals surface area contributed by atoms with Crippen LogP contribution in [-0.4, -0.2) is 17.3 Å². The molecule has 0 amide bonds. The van der Waals surface area contributed by atoms with Crippen LogP contribution in [-0.2, 0) is 0 Å². The van der Waals surface area contributed by atoms with E-state index in [1.54, 1.807) is 19.1 Å². The normalized spacial score (nSPS) is 14.9. The van der Waals surface area contributed by atoms with Crippen LogP contribution in [0.2, 0.25) is 0 Å². The van der Waals surface area contributed by atoms with Gasteiger partial charge in [0.15, 0.2) is 0 Å². The molecule has 0 fully saturated rings. The molecule has 1 unspecified atom stereocenters. The van der Waals surface area contributed by atoms with Crippen molar-refractivity contribution < 1.29 is 9.50 Å². The lowest BCUT2D eigenvalue weighted by Crippen LogP contribution is -2.32. The van der Waals surface area contributed by atoms with E-state index in [9.17, 15) is 9.50 Å². The minimum absolute atomic E-state index is 0.252. The van der Waals surface area contributed by atoms with E-state index in [-0.39, 0.29) is 5.82 Å². The Bertz CT molecular complexity index is 282. The maximum atomic E-state index is 12.5. The van der Waals surface area contributed by atoms with Crippen LogP contribution in [0.3, 0.4) is 0 Å². The second-order valence-corrected chi connectivity index (χ2v) is 3.71. The van der Waals surface area contributed by atoms with Crippen LogP contribution >= 0.6 is 0 Å². The van der Waals surface area contributed by atoms with E-state index >= 15 is 0 Å². The summed E-state index contributed by atoms with van der Waals surface area (Å²) in [7, 11) is 0. The Morgan fingerprint density at radius 2 is 1.93 bits per heavy atom. The van der Waals surface area contributed by atoms with Crippen molar-refractivity contribution in [3.8, 4) is 0 Å². The SMILES string of the molecule is CCC(C)(O)CNc1ccc(F)cc1. The third-order valence-electron chi connectivity index (χ3n) is 2.28. The first-order valence-corrected chi connectivity index (χ1v) is 4.75. The van der Waals surface area contributed by atoms with Crippen molar-refractivity contribution in [1.29, 1.82) is 0 Å². The van der Waals surface area contributed by atoms with Gasteiger partial charge in [0, 0.05) is 12.2 Å². The summed E-state index contributed by atoms with van der Waals surface area (Å²) in [6, 6.07) is 6.09. The molecule has 78 valence electrons. The zero-order chi connectivity index (χ0) is 10.6. The molecule has 14 heavy (non-hydrogen) atoms. The molecule has 1 aromatic carbocycles. The standard InChI is InChI=1S/C11H16FNO/c1-3-11(2,14)8-13-10-6-4-9(12)5-7-10/h4-7,13-14H,3,8H2,1-2H3. The summed E-state index contributed by atoms with van der Waals surface area (Å²) in [6.45, 7) is 4.16. The molecule has 0 radical (unpaired) electrons. The van der Waals surface area contributed by atoms with Crippen LogP contribution in [0.25, 0.3) is 0 Å². The van der Waals surface area contributed by atoms with Crippen LogP contribution in [0.4, 0.5) is 10.1 Å². The van der Waals surface area contributed by atoms with Crippen molar-refractivity contribution in [2.75, 3.05) is 11.9 Å². The average molecular weight is 197 g/mol. The van der Waals surface area contributed by atoms with Gasteiger partial charge in [0.1, 0.15) is 5.82 Å². The highest BCUT2D eigenvalue weighted by Gasteiger charge is 2.16. The Labute approximate surface area is 83.8 Å². The molecule has 1 aromatic rings. The first kappa shape index (κ1) is 11.0. The molecule has 0 spiro atoms. The molecule has 2 nitrogen and oxygen atoms in total. The number of hydrogen-bond donors (Lipinski definition) is 2. The summed E-state index contributed by atoms with van der Waals surface area (Å²) in [4.78, 5) is 0. The largest absolute Gasteiger partial charge is 0.388 e. The summed E-state index contributed by atoms with van der Waals surface area (Å²) in [5.74, 6) is -0.252. The molecular weight excluding hydrogens is 181 g/mol. The molecule has 0 aliphatic carbocycles. The van der Waals surface area contributed by atoms with E-state index in [1.165, 1.54) is 12.1 Å². The quantitative estimate of drug-likeness (QED) is 0.776. The molecule has 2 N–H and O–H groups in total. The maximum absolute atomic E-state index is 12.5. The highest BCUT2D eigenvalue weighted by Crippen LogP contribution is 2.12. The number of aliphatic hydroxyl groups is 1. The van der Waals surface area contributed by atoms with Gasteiger partial charge in [-0.15, -0.1) is 0 Å². The van der Waals surface area contributed by atoms with Gasteiger partial charge >= 0.3 is 0 Å². The third-order valence-corrected chi connectivity index (χ3v) is 2.28. The Hall–Kier alpha value is -1.09. The van der Waals surface area contributed by atoms with Crippen molar-refractivity contribution in [2.45, 2.75) is 25.9 Å². The van der Waals surface area contributed by atoms with E-state index in [4.69, 9.17) is 0 Å². The average Bonchev–Trinajstić information content (AvgIpc) is 2.17. The second kappa shape index (κ2) is 4.42. The Morgan fingerprint density at radius 3 is 2.43 bits per heavy atom. The summed E-state index contributed by atoms with van der Waals surface area (Å²) < 4.78 is 12.5. The maximum Gasteiger partial charge on any atom is 0.123 e. The molecule has 0 aromatic heterocycles. The van der Waals surface area contributed by atoms with Gasteiger partial charge in [0.25, 0.3) is 0 Å². The van der Waals surface area contributed by atoms with Gasteiger partial charge in [-0.25, -0.2) is 4.39 Å². The lowest BCUT2D eigenvalue weighted by atomic mass is 10.0. The monoisotopic (exact) mass is 197 g/mol. The Balaban J connectivity index is 2.50. The highest BCUT2D eigenvalue weighted by atomic mass is 19.1. The third kappa shape index (κ3) is 3.34. The lowest BCUT2D eigenvalue weighted by Gasteiger charge is -2.22. The number of anilines is 1. The van der Waals surface area contributed by atoms with Crippen molar-refractivity contribution in [2.24, 2.45) is 0 Å². The number of benzene rings is 1. The predicted octanol–water partition coefficient (Wildman–Crippen LogP) is 2.40. The summed E-state index contributed by atoms with van der Waals surface area (Å²) in [5.41, 5.74) is 0.106. The van der Waals surface area contributed by atoms with Crippen molar-refractivity contribution in [1.82, 2.24) is 0 Å². The van der Waals surface area contributed by atoms with Gasteiger partial charge in [0.05, 0.1) is 5.60 Å². The minimum Gasteiger partial charge on any atom is -0.388 e. The van der Waals surface area contributed by atoms with E-state index in [1.807, 2.05) is 6.92 Å². The highest BCUT2D eigenvalue weighted by molar-refractivity contribution is 5.43. The molecule has 0 bridgehead atoms. The molecular formula is C11H16FNO. The molecule has 0 saturated carbocycles. The fourth-order valence-electron chi connectivity index (χ4n) is 0.985. The van der Waals surface area contributed by atoms with E-state index < -0.39 is 5.60 Å². The van der Waals surface area contributed by atoms with Crippen LogP contribution in [0.15, 0.2) is 24.3 Å². The van der Waals surface area contributed by atoms with Crippen LogP contribution in [0.1, 0.15) is 20.3 Å². The topological polar surface area (TPSA) is 32.3 Å². The molecule has 1 atom stereocenters. The molecule has 0 aliphatic rings. The fraction of sp³-hybridized carbons (Fsp3) is 0.455. The van der Waals surface area contributed by atoms with Gasteiger partial charge in [-0.05, 0) is 37.6 Å². The van der Waals surface area contributed by atoms with Gasteiger partial charge in [-0.1, -0.05) is 6.92 Å². The zero-order valence-electron chi connectivity index (χ0n) is 8.55. The minimum atomic E-state index is -0.714. The van der Waals surface area contributed by atoms with Crippen LogP contribution in [0.5, 0.6) is 0 Å². The van der Waals surface area contributed by atoms with Gasteiger partial charge < -0.3 is 10.4 Å². The predicted molar refractivity (Wildman–Crippen MR) is 55.8 cm³/mol. The van der Waals surface area contributed by atoms with Crippen LogP contribution in [0, 0.1) is 5.82 Å². The molecule has 0 aliphatic heterocycles. The van der Waals surface area contributed by atoms with Crippen molar-refractivity contribution in [3.05, 3.63) is 30.1 Å².